The molecule has 1 aliphatic rings. The van der Waals surface area contributed by atoms with Gasteiger partial charge in [0.1, 0.15) is 4.75 Å². The van der Waals surface area contributed by atoms with Crippen molar-refractivity contribution in [3.05, 3.63) is 36.2 Å². The number of carboxylic acid groups (broad SMARTS) is 1. The van der Waals surface area contributed by atoms with Crippen molar-refractivity contribution in [3.8, 4) is 11.8 Å². The molecule has 0 radical (unpaired) electrons. The number of aromatic nitrogens is 2. The molecule has 0 bridgehead atoms. The van der Waals surface area contributed by atoms with Gasteiger partial charge in [-0.05, 0) is 6.92 Å². The quantitative estimate of drug-likeness (QED) is 0.569. The number of carbonyl (C=O) groups is 2. The Morgan fingerprint density at radius 2 is 1.82 bits per heavy atom. The summed E-state index contributed by atoms with van der Waals surface area (Å²) in [6.45, 7) is 1.00. The van der Waals surface area contributed by atoms with Gasteiger partial charge in [-0.15, -0.1) is 0 Å². The Labute approximate surface area is 161 Å². The number of carboxylic acids is 1. The number of allylic oxidation sites excluding steroid dienone is 2. The van der Waals surface area contributed by atoms with Crippen LogP contribution in [0.4, 0.5) is 4.79 Å². The lowest BCUT2D eigenvalue weighted by Gasteiger charge is -2.31. The van der Waals surface area contributed by atoms with E-state index >= 15 is 0 Å². The van der Waals surface area contributed by atoms with Crippen LogP contribution in [0.5, 0.6) is 11.8 Å². The Hall–Kier alpha value is -3.15. The normalized spacial score (nSPS) is 21.0. The minimum Gasteiger partial charge on any atom is -0.481 e. The highest BCUT2D eigenvalue weighted by atomic mass is 32.2. The Balaban J connectivity index is 2.11. The summed E-state index contributed by atoms with van der Waals surface area (Å²) in [7, 11) is -1.59. The maximum absolute atomic E-state index is 12.7. The van der Waals surface area contributed by atoms with Crippen LogP contribution in [0.3, 0.4) is 0 Å². The van der Waals surface area contributed by atoms with E-state index in [0.29, 0.717) is 0 Å². The highest BCUT2D eigenvalue weighted by Gasteiger charge is 2.48. The molecule has 2 amide bonds. The number of aliphatic carboxylic acids is 1. The lowest BCUT2D eigenvalue weighted by Crippen LogP contribution is -2.53. The maximum atomic E-state index is 12.7. The first-order chi connectivity index (χ1) is 13.1. The van der Waals surface area contributed by atoms with Gasteiger partial charge in [0.25, 0.3) is 0 Å². The third-order valence-electron chi connectivity index (χ3n) is 4.08. The van der Waals surface area contributed by atoms with E-state index in [0.717, 1.165) is 0 Å². The van der Waals surface area contributed by atoms with Gasteiger partial charge in [0.05, 0.1) is 32.7 Å². The summed E-state index contributed by atoms with van der Waals surface area (Å²) in [6.07, 6.45) is 5.31. The second-order valence-electron chi connectivity index (χ2n) is 5.90. The molecule has 28 heavy (non-hydrogen) atoms. The van der Waals surface area contributed by atoms with Crippen molar-refractivity contribution < 1.29 is 32.6 Å². The number of sulfonamides is 1. The predicted molar refractivity (Wildman–Crippen MR) is 97.2 cm³/mol. The summed E-state index contributed by atoms with van der Waals surface area (Å²) in [5.41, 5.74) is 0. The zero-order chi connectivity index (χ0) is 20.9. The molecule has 2 atom stereocenters. The minimum atomic E-state index is -4.38. The maximum Gasteiger partial charge on any atom is 0.328 e. The zero-order valence-corrected chi connectivity index (χ0v) is 16.2. The highest BCUT2D eigenvalue weighted by Crippen LogP contribution is 2.32. The molecule has 0 aromatic carbocycles. The highest BCUT2D eigenvalue weighted by molar-refractivity contribution is 7.91. The lowest BCUT2D eigenvalue weighted by molar-refractivity contribution is -0.140. The summed E-state index contributed by atoms with van der Waals surface area (Å²) in [5.74, 6) is -2.15. The van der Waals surface area contributed by atoms with E-state index in [1.54, 1.807) is 0 Å². The van der Waals surface area contributed by atoms with Gasteiger partial charge in [-0.2, -0.15) is 9.97 Å². The van der Waals surface area contributed by atoms with Crippen LogP contribution in [0.25, 0.3) is 0 Å². The molecule has 0 fully saturated rings. The van der Waals surface area contributed by atoms with Crippen molar-refractivity contribution in [2.75, 3.05) is 14.2 Å². The Bertz CT molecular complexity index is 907. The fourth-order valence-electron chi connectivity index (χ4n) is 2.47. The average molecular weight is 412 g/mol. The number of carbonyl (C=O) groups excluding carboxylic acids is 1. The SMILES string of the molecule is COc1cc(OC)nc(CNC(=O)NS(=O)(=O)C2(C)C=CC=CC2C(=O)O)n1. The summed E-state index contributed by atoms with van der Waals surface area (Å²) in [5, 5.41) is 11.6. The van der Waals surface area contributed by atoms with Gasteiger partial charge >= 0.3 is 12.0 Å². The lowest BCUT2D eigenvalue weighted by atomic mass is 9.89. The molecule has 0 saturated carbocycles. The second-order valence-corrected chi connectivity index (χ2v) is 7.99. The molecule has 2 rings (SSSR count). The summed E-state index contributed by atoms with van der Waals surface area (Å²) < 4.78 is 35.3. The van der Waals surface area contributed by atoms with Crippen LogP contribution in [0.15, 0.2) is 30.4 Å². The van der Waals surface area contributed by atoms with Crippen LogP contribution >= 0.6 is 0 Å². The van der Waals surface area contributed by atoms with E-state index in [2.05, 4.69) is 15.3 Å². The first kappa shape index (κ1) is 21.2. The Kier molecular flexibility index (Phi) is 6.23. The van der Waals surface area contributed by atoms with Crippen molar-refractivity contribution in [1.82, 2.24) is 20.0 Å². The van der Waals surface area contributed by atoms with Crippen LogP contribution in [0.1, 0.15) is 12.7 Å². The molecule has 2 unspecified atom stereocenters. The monoisotopic (exact) mass is 412 g/mol. The number of amides is 2. The fraction of sp³-hybridized carbons (Fsp3) is 0.375. The van der Waals surface area contributed by atoms with E-state index in [4.69, 9.17) is 9.47 Å². The standard InChI is InChI=1S/C16H20N4O7S/c1-16(7-5-4-6-10(16)14(21)22)28(24,25)20-15(23)17-9-11-18-12(26-2)8-13(19-11)27-3/h4-8,10H,9H2,1-3H3,(H,21,22)(H2,17,20,23). The third-order valence-corrected chi connectivity index (χ3v) is 6.08. The Morgan fingerprint density at radius 1 is 1.21 bits per heavy atom. The number of hydrogen-bond acceptors (Lipinski definition) is 8. The molecule has 1 aromatic heterocycles. The van der Waals surface area contributed by atoms with E-state index in [-0.39, 0.29) is 24.1 Å². The Morgan fingerprint density at radius 3 is 2.36 bits per heavy atom. The molecule has 3 N–H and O–H groups in total. The summed E-state index contributed by atoms with van der Waals surface area (Å²) in [6, 6.07) is 0.378. The molecule has 12 heteroatoms. The van der Waals surface area contributed by atoms with Crippen LogP contribution in [0, 0.1) is 5.92 Å². The zero-order valence-electron chi connectivity index (χ0n) is 15.4. The smallest absolute Gasteiger partial charge is 0.328 e. The number of urea groups is 1. The number of nitrogens with zero attached hydrogens (tertiary/aromatic N) is 2. The van der Waals surface area contributed by atoms with Gasteiger partial charge in [-0.1, -0.05) is 24.3 Å². The first-order valence-electron chi connectivity index (χ1n) is 7.98. The topological polar surface area (TPSA) is 157 Å². The van der Waals surface area contributed by atoms with E-state index in [1.807, 2.05) is 4.72 Å². The van der Waals surface area contributed by atoms with Crippen molar-refractivity contribution in [1.29, 1.82) is 0 Å². The molecule has 11 nitrogen and oxygen atoms in total. The third kappa shape index (κ3) is 4.39. The van der Waals surface area contributed by atoms with Gasteiger partial charge in [0.15, 0.2) is 5.82 Å². The molecule has 0 saturated heterocycles. The largest absolute Gasteiger partial charge is 0.481 e. The number of rotatable bonds is 7. The average Bonchev–Trinajstić information content (AvgIpc) is 2.65. The van der Waals surface area contributed by atoms with Crippen molar-refractivity contribution >= 4 is 22.0 Å². The minimum absolute atomic E-state index is 0.124. The van der Waals surface area contributed by atoms with Crippen LogP contribution in [0.2, 0.25) is 0 Å². The summed E-state index contributed by atoms with van der Waals surface area (Å²) >= 11 is 0. The molecule has 1 aliphatic carbocycles. The first-order valence-corrected chi connectivity index (χ1v) is 9.46. The van der Waals surface area contributed by atoms with Crippen molar-refractivity contribution in [2.24, 2.45) is 5.92 Å². The molecule has 152 valence electrons. The van der Waals surface area contributed by atoms with Gasteiger partial charge in [0, 0.05) is 0 Å². The van der Waals surface area contributed by atoms with E-state index in [9.17, 15) is 23.1 Å². The van der Waals surface area contributed by atoms with Gasteiger partial charge in [0.2, 0.25) is 21.8 Å². The number of ether oxygens (including phenoxy) is 2. The number of nitrogens with one attached hydrogen (secondary N) is 2. The molecule has 0 aliphatic heterocycles. The van der Waals surface area contributed by atoms with Crippen LogP contribution in [-0.4, -0.2) is 54.5 Å². The second kappa shape index (κ2) is 8.25. The van der Waals surface area contributed by atoms with Gasteiger partial charge in [-0.25, -0.2) is 17.9 Å². The number of methoxy groups -OCH3 is 2. The molecular weight excluding hydrogens is 392 g/mol. The molecule has 1 aromatic rings. The van der Waals surface area contributed by atoms with Crippen molar-refractivity contribution in [3.63, 3.8) is 0 Å². The van der Waals surface area contributed by atoms with E-state index in [1.165, 1.54) is 51.5 Å². The van der Waals surface area contributed by atoms with Gasteiger partial charge in [-0.3, -0.25) is 4.79 Å². The fourth-order valence-corrected chi connectivity index (χ4v) is 3.77. The van der Waals surface area contributed by atoms with Crippen molar-refractivity contribution in [2.45, 2.75) is 18.2 Å². The summed E-state index contributed by atoms with van der Waals surface area (Å²) in [4.78, 5) is 31.5. The van der Waals surface area contributed by atoms with E-state index < -0.39 is 32.7 Å². The van der Waals surface area contributed by atoms with Crippen LogP contribution < -0.4 is 19.5 Å². The molecule has 1 heterocycles. The number of hydrogen-bond donors (Lipinski definition) is 3. The predicted octanol–water partition coefficient (Wildman–Crippen LogP) is 0.208. The van der Waals surface area contributed by atoms with Gasteiger partial charge < -0.3 is 19.9 Å². The molecular formula is C16H20N4O7S. The molecule has 0 spiro atoms. The van der Waals surface area contributed by atoms with Crippen LogP contribution in [-0.2, 0) is 21.4 Å².